The number of nitrogens with one attached hydrogen (secondary N) is 2. The molecule has 6 nitrogen and oxygen atoms in total. The summed E-state index contributed by atoms with van der Waals surface area (Å²) in [7, 11) is 0. The highest BCUT2D eigenvalue weighted by Gasteiger charge is 2.21. The molecule has 0 unspecified atom stereocenters. The molecular formula is C18H27ClIN5O. The Kier molecular flexibility index (Phi) is 9.35. The summed E-state index contributed by atoms with van der Waals surface area (Å²) in [4.78, 5) is 8.90. The maximum Gasteiger partial charge on any atom is 0.232 e. The second-order valence-electron chi connectivity index (χ2n) is 6.73. The monoisotopic (exact) mass is 491 g/mol. The van der Waals surface area contributed by atoms with Crippen molar-refractivity contribution in [2.45, 2.75) is 46.1 Å². The fourth-order valence-electron chi connectivity index (χ4n) is 2.13. The SMILES string of the molecule is CCNC(=NCc1noc(C(C)(C)C)n1)NCCc1ccccc1Cl.I. The van der Waals surface area contributed by atoms with E-state index in [1.807, 2.05) is 52.0 Å². The summed E-state index contributed by atoms with van der Waals surface area (Å²) in [5.41, 5.74) is 0.952. The lowest BCUT2D eigenvalue weighted by Crippen LogP contribution is -2.38. The van der Waals surface area contributed by atoms with Gasteiger partial charge in [0.25, 0.3) is 0 Å². The van der Waals surface area contributed by atoms with E-state index in [9.17, 15) is 0 Å². The first-order valence-electron chi connectivity index (χ1n) is 8.49. The van der Waals surface area contributed by atoms with Gasteiger partial charge in [-0.25, -0.2) is 4.99 Å². The van der Waals surface area contributed by atoms with E-state index in [0.29, 0.717) is 18.3 Å². The normalized spacial score (nSPS) is 11.8. The summed E-state index contributed by atoms with van der Waals surface area (Å²) in [6, 6.07) is 7.85. The molecule has 2 rings (SSSR count). The van der Waals surface area contributed by atoms with Gasteiger partial charge in [0, 0.05) is 23.5 Å². The van der Waals surface area contributed by atoms with Crippen molar-refractivity contribution in [3.63, 3.8) is 0 Å². The zero-order valence-corrected chi connectivity index (χ0v) is 18.8. The van der Waals surface area contributed by atoms with Crippen LogP contribution in [0.25, 0.3) is 0 Å². The Labute approximate surface area is 177 Å². The molecule has 0 fully saturated rings. The molecule has 8 heteroatoms. The molecule has 0 aliphatic heterocycles. The minimum absolute atomic E-state index is 0. The molecule has 1 aromatic heterocycles. The highest BCUT2D eigenvalue weighted by atomic mass is 127. The number of aromatic nitrogens is 2. The predicted molar refractivity (Wildman–Crippen MR) is 116 cm³/mol. The molecule has 1 aromatic carbocycles. The van der Waals surface area contributed by atoms with Crippen molar-refractivity contribution in [2.24, 2.45) is 4.99 Å². The van der Waals surface area contributed by atoms with Crippen LogP contribution in [0, 0.1) is 0 Å². The van der Waals surface area contributed by atoms with Crippen molar-refractivity contribution in [1.29, 1.82) is 0 Å². The fourth-order valence-corrected chi connectivity index (χ4v) is 2.36. The Hall–Kier alpha value is -1.35. The number of halogens is 2. The lowest BCUT2D eigenvalue weighted by atomic mass is 9.97. The number of hydrogen-bond donors (Lipinski definition) is 2. The van der Waals surface area contributed by atoms with Crippen molar-refractivity contribution in [2.75, 3.05) is 13.1 Å². The molecule has 0 spiro atoms. The second-order valence-corrected chi connectivity index (χ2v) is 7.14. The highest BCUT2D eigenvalue weighted by Crippen LogP contribution is 2.19. The molecule has 26 heavy (non-hydrogen) atoms. The lowest BCUT2D eigenvalue weighted by molar-refractivity contribution is 0.318. The van der Waals surface area contributed by atoms with E-state index >= 15 is 0 Å². The number of hydrogen-bond acceptors (Lipinski definition) is 4. The Morgan fingerprint density at radius 1 is 1.23 bits per heavy atom. The first-order valence-corrected chi connectivity index (χ1v) is 8.86. The van der Waals surface area contributed by atoms with Crippen LogP contribution in [0.15, 0.2) is 33.8 Å². The molecule has 144 valence electrons. The van der Waals surface area contributed by atoms with Gasteiger partial charge in [0.05, 0.1) is 0 Å². The molecule has 1 heterocycles. The summed E-state index contributed by atoms with van der Waals surface area (Å²) in [6.07, 6.45) is 0.820. The zero-order valence-electron chi connectivity index (χ0n) is 15.7. The third kappa shape index (κ3) is 7.11. The van der Waals surface area contributed by atoms with Crippen LogP contribution in [0.1, 0.15) is 45.0 Å². The molecule has 0 saturated carbocycles. The summed E-state index contributed by atoms with van der Waals surface area (Å²) in [6.45, 7) is 10.0. The molecule has 0 amide bonds. The van der Waals surface area contributed by atoms with E-state index in [2.05, 4.69) is 25.8 Å². The van der Waals surface area contributed by atoms with Gasteiger partial charge >= 0.3 is 0 Å². The Morgan fingerprint density at radius 2 is 1.96 bits per heavy atom. The number of rotatable bonds is 6. The van der Waals surface area contributed by atoms with Gasteiger partial charge in [-0.3, -0.25) is 0 Å². The van der Waals surface area contributed by atoms with Crippen LogP contribution in [0.4, 0.5) is 0 Å². The molecule has 0 aliphatic carbocycles. The van der Waals surface area contributed by atoms with Gasteiger partial charge in [0.2, 0.25) is 5.89 Å². The largest absolute Gasteiger partial charge is 0.357 e. The number of aliphatic imine (C=N–C) groups is 1. The Balaban J connectivity index is 0.00000338. The van der Waals surface area contributed by atoms with Gasteiger partial charge < -0.3 is 15.2 Å². The van der Waals surface area contributed by atoms with Gasteiger partial charge in [-0.1, -0.05) is 55.7 Å². The molecule has 2 N–H and O–H groups in total. The molecular weight excluding hydrogens is 465 g/mol. The smallest absolute Gasteiger partial charge is 0.232 e. The van der Waals surface area contributed by atoms with Gasteiger partial charge in [0.1, 0.15) is 6.54 Å². The van der Waals surface area contributed by atoms with Crippen molar-refractivity contribution < 1.29 is 4.52 Å². The van der Waals surface area contributed by atoms with Crippen molar-refractivity contribution in [3.8, 4) is 0 Å². The van der Waals surface area contributed by atoms with Crippen LogP contribution in [-0.4, -0.2) is 29.2 Å². The third-order valence-corrected chi connectivity index (χ3v) is 3.85. The summed E-state index contributed by atoms with van der Waals surface area (Å²) in [5.74, 6) is 1.92. The van der Waals surface area contributed by atoms with E-state index in [4.69, 9.17) is 16.1 Å². The Bertz CT molecular complexity index is 712. The van der Waals surface area contributed by atoms with Crippen LogP contribution >= 0.6 is 35.6 Å². The molecule has 0 radical (unpaired) electrons. The average Bonchev–Trinajstić information content (AvgIpc) is 3.03. The van der Waals surface area contributed by atoms with Gasteiger partial charge in [-0.15, -0.1) is 24.0 Å². The zero-order chi connectivity index (χ0) is 18.3. The fraction of sp³-hybridized carbons (Fsp3) is 0.500. The average molecular weight is 492 g/mol. The molecule has 0 aliphatic rings. The van der Waals surface area contributed by atoms with Gasteiger partial charge in [-0.2, -0.15) is 4.98 Å². The lowest BCUT2D eigenvalue weighted by Gasteiger charge is -2.11. The number of benzene rings is 1. The summed E-state index contributed by atoms with van der Waals surface area (Å²) >= 11 is 6.18. The minimum atomic E-state index is -0.160. The first-order chi connectivity index (χ1) is 11.9. The van der Waals surface area contributed by atoms with Crippen LogP contribution < -0.4 is 10.6 Å². The highest BCUT2D eigenvalue weighted by molar-refractivity contribution is 14.0. The van der Waals surface area contributed by atoms with Crippen molar-refractivity contribution >= 4 is 41.5 Å². The quantitative estimate of drug-likeness (QED) is 0.364. The third-order valence-electron chi connectivity index (χ3n) is 3.48. The molecule has 0 atom stereocenters. The second kappa shape index (κ2) is 10.7. The molecule has 0 saturated heterocycles. The summed E-state index contributed by atoms with van der Waals surface area (Å²) < 4.78 is 5.29. The van der Waals surface area contributed by atoms with Crippen molar-refractivity contribution in [1.82, 2.24) is 20.8 Å². The molecule has 0 bridgehead atoms. The Morgan fingerprint density at radius 3 is 2.58 bits per heavy atom. The van der Waals surface area contributed by atoms with Crippen LogP contribution in [0.5, 0.6) is 0 Å². The van der Waals surface area contributed by atoms with Crippen molar-refractivity contribution in [3.05, 3.63) is 46.6 Å². The topological polar surface area (TPSA) is 75.3 Å². The maximum absolute atomic E-state index is 6.18. The number of guanidine groups is 1. The summed E-state index contributed by atoms with van der Waals surface area (Å²) in [5, 5.41) is 11.3. The van der Waals surface area contributed by atoms with Gasteiger partial charge in [0.15, 0.2) is 11.8 Å². The van der Waals surface area contributed by atoms with Crippen LogP contribution in [0.2, 0.25) is 5.02 Å². The predicted octanol–water partition coefficient (Wildman–Crippen LogP) is 3.94. The number of nitrogens with zero attached hydrogens (tertiary/aromatic N) is 3. The van der Waals surface area contributed by atoms with Crippen LogP contribution in [0.3, 0.4) is 0 Å². The van der Waals surface area contributed by atoms with E-state index < -0.39 is 0 Å². The van der Waals surface area contributed by atoms with E-state index in [1.54, 1.807) is 0 Å². The van der Waals surface area contributed by atoms with E-state index in [1.165, 1.54) is 0 Å². The first kappa shape index (κ1) is 22.7. The minimum Gasteiger partial charge on any atom is -0.357 e. The van der Waals surface area contributed by atoms with E-state index in [-0.39, 0.29) is 29.4 Å². The van der Waals surface area contributed by atoms with Crippen LogP contribution in [-0.2, 0) is 18.4 Å². The van der Waals surface area contributed by atoms with E-state index in [0.717, 1.165) is 36.1 Å². The maximum atomic E-state index is 6.18. The standard InChI is InChI=1S/C18H26ClN5O.HI/c1-5-20-17(21-11-10-13-8-6-7-9-14(13)19)22-12-15-23-16(25-24-15)18(2,3)4;/h6-9H,5,10-12H2,1-4H3,(H2,20,21,22);1H. The van der Waals surface area contributed by atoms with Gasteiger partial charge in [-0.05, 0) is 25.0 Å². The molecule has 2 aromatic rings.